The fourth-order valence-corrected chi connectivity index (χ4v) is 0.782. The lowest BCUT2D eigenvalue weighted by molar-refractivity contribution is -0.200. The first kappa shape index (κ1) is 15.3. The molecule has 0 aliphatic heterocycles. The molecule has 0 fully saturated rings. The molecule has 0 rings (SSSR count). The number of carbonyl (C=O) groups is 1. The molecule has 4 nitrogen and oxygen atoms in total. The van der Waals surface area contributed by atoms with Gasteiger partial charge < -0.3 is 14.2 Å². The van der Waals surface area contributed by atoms with Crippen molar-refractivity contribution < 1.29 is 23.4 Å². The van der Waals surface area contributed by atoms with Crippen LogP contribution in [-0.2, 0) is 19.0 Å². The monoisotopic (exact) mass is 236 g/mol. The number of carbonyl (C=O) groups excluding carboxylic acids is 1. The highest BCUT2D eigenvalue weighted by atomic mass is 19.1. The van der Waals surface area contributed by atoms with Crippen LogP contribution in [0.2, 0.25) is 0 Å². The van der Waals surface area contributed by atoms with E-state index in [2.05, 4.69) is 0 Å². The summed E-state index contributed by atoms with van der Waals surface area (Å²) in [6.07, 6.45) is 0.119. The molecule has 0 spiro atoms. The lowest BCUT2D eigenvalue weighted by atomic mass is 9.91. The van der Waals surface area contributed by atoms with Gasteiger partial charge in [0.05, 0.1) is 12.0 Å². The summed E-state index contributed by atoms with van der Waals surface area (Å²) in [7, 11) is 0. The maximum atomic E-state index is 11.7. The van der Waals surface area contributed by atoms with Crippen LogP contribution in [0.5, 0.6) is 0 Å². The largest absolute Gasteiger partial charge is 0.438 e. The quantitative estimate of drug-likeness (QED) is 0.479. The van der Waals surface area contributed by atoms with Gasteiger partial charge >= 0.3 is 5.97 Å². The molecule has 5 heteroatoms. The molecule has 1 unspecified atom stereocenters. The zero-order chi connectivity index (χ0) is 12.6. The molecule has 0 radical (unpaired) electrons. The van der Waals surface area contributed by atoms with E-state index in [9.17, 15) is 9.18 Å². The van der Waals surface area contributed by atoms with E-state index in [0.29, 0.717) is 6.42 Å². The van der Waals surface area contributed by atoms with Crippen LogP contribution in [0.1, 0.15) is 34.1 Å². The Hall–Kier alpha value is -0.680. The maximum Gasteiger partial charge on any atom is 0.313 e. The topological polar surface area (TPSA) is 44.8 Å². The Morgan fingerprint density at radius 1 is 1.38 bits per heavy atom. The van der Waals surface area contributed by atoms with Crippen molar-refractivity contribution in [2.45, 2.75) is 40.4 Å². The van der Waals surface area contributed by atoms with Crippen molar-refractivity contribution in [3.8, 4) is 0 Å². The predicted octanol–water partition coefficient (Wildman–Crippen LogP) is 2.27. The van der Waals surface area contributed by atoms with Gasteiger partial charge in [-0.1, -0.05) is 6.92 Å². The second-order valence-electron chi connectivity index (χ2n) is 4.08. The van der Waals surface area contributed by atoms with Crippen LogP contribution in [0.25, 0.3) is 0 Å². The van der Waals surface area contributed by atoms with Gasteiger partial charge in [-0.3, -0.25) is 4.79 Å². The summed E-state index contributed by atoms with van der Waals surface area (Å²) >= 11 is 0. The van der Waals surface area contributed by atoms with Crippen molar-refractivity contribution in [3.63, 3.8) is 0 Å². The Bertz CT molecular complexity index is 206. The van der Waals surface area contributed by atoms with E-state index in [1.165, 1.54) is 0 Å². The third kappa shape index (κ3) is 6.02. The van der Waals surface area contributed by atoms with E-state index in [1.54, 1.807) is 20.8 Å². The van der Waals surface area contributed by atoms with Crippen molar-refractivity contribution in [1.82, 2.24) is 0 Å². The fourth-order valence-electron chi connectivity index (χ4n) is 0.782. The first-order valence-corrected chi connectivity index (χ1v) is 5.40. The maximum absolute atomic E-state index is 11.7. The number of esters is 1. The molecule has 0 aromatic rings. The average molecular weight is 236 g/mol. The van der Waals surface area contributed by atoms with Gasteiger partial charge in [0, 0.05) is 0 Å². The molecule has 0 aliphatic carbocycles. The van der Waals surface area contributed by atoms with Crippen molar-refractivity contribution in [2.75, 3.05) is 20.1 Å². The number of hydrogen-bond acceptors (Lipinski definition) is 4. The summed E-state index contributed by atoms with van der Waals surface area (Å²) < 4.78 is 26.6. The summed E-state index contributed by atoms with van der Waals surface area (Å²) in [5, 5.41) is 0. The molecule has 16 heavy (non-hydrogen) atoms. The Morgan fingerprint density at radius 3 is 2.50 bits per heavy atom. The van der Waals surface area contributed by atoms with Gasteiger partial charge in [-0.15, -0.1) is 0 Å². The highest BCUT2D eigenvalue weighted by molar-refractivity contribution is 5.75. The molecule has 0 bridgehead atoms. The summed E-state index contributed by atoms with van der Waals surface area (Å²) in [6.45, 7) is 6.39. The molecule has 0 saturated heterocycles. The van der Waals surface area contributed by atoms with Crippen LogP contribution >= 0.6 is 0 Å². The van der Waals surface area contributed by atoms with Crippen LogP contribution in [0, 0.1) is 5.41 Å². The van der Waals surface area contributed by atoms with Crippen LogP contribution in [-0.4, -0.2) is 32.3 Å². The molecule has 0 aromatic carbocycles. The van der Waals surface area contributed by atoms with E-state index >= 15 is 0 Å². The lowest BCUT2D eigenvalue weighted by Gasteiger charge is -2.21. The molecule has 96 valence electrons. The molecule has 0 aromatic heterocycles. The Balaban J connectivity index is 3.69. The Kier molecular flexibility index (Phi) is 7.25. The molecule has 0 N–H and O–H groups in total. The normalized spacial score (nSPS) is 13.6. The van der Waals surface area contributed by atoms with E-state index in [1.807, 2.05) is 6.92 Å². The zero-order valence-electron chi connectivity index (χ0n) is 10.4. The lowest BCUT2D eigenvalue weighted by Crippen LogP contribution is -2.27. The van der Waals surface area contributed by atoms with E-state index in [0.717, 1.165) is 0 Å². The molecule has 0 amide bonds. The second kappa shape index (κ2) is 7.57. The highest BCUT2D eigenvalue weighted by Crippen LogP contribution is 2.21. The minimum Gasteiger partial charge on any atom is -0.438 e. The fraction of sp³-hybridized carbons (Fsp3) is 0.909. The molecule has 1 atom stereocenters. The second-order valence-corrected chi connectivity index (χ2v) is 4.08. The Labute approximate surface area is 96.1 Å². The number of hydrogen-bond donors (Lipinski definition) is 0. The van der Waals surface area contributed by atoms with E-state index in [4.69, 9.17) is 14.2 Å². The number of alkyl halides is 1. The van der Waals surface area contributed by atoms with Crippen LogP contribution in [0.3, 0.4) is 0 Å². The first-order chi connectivity index (χ1) is 7.44. The van der Waals surface area contributed by atoms with Crippen molar-refractivity contribution >= 4 is 5.97 Å². The summed E-state index contributed by atoms with van der Waals surface area (Å²) in [4.78, 5) is 11.5. The van der Waals surface area contributed by atoms with Crippen molar-refractivity contribution in [2.24, 2.45) is 5.41 Å². The van der Waals surface area contributed by atoms with Gasteiger partial charge in [-0.25, -0.2) is 4.39 Å². The van der Waals surface area contributed by atoms with Crippen molar-refractivity contribution in [3.05, 3.63) is 0 Å². The number of halogens is 1. The standard InChI is InChI=1S/C11H21FO4/c1-5-11(3,4)10(13)16-8-15-9(2)14-7-6-12/h9H,5-8H2,1-4H3. The number of ether oxygens (including phenoxy) is 3. The molecular formula is C11H21FO4. The summed E-state index contributed by atoms with van der Waals surface area (Å²) in [5.74, 6) is -0.312. The number of rotatable bonds is 8. The summed E-state index contributed by atoms with van der Waals surface area (Å²) in [6, 6.07) is 0. The smallest absolute Gasteiger partial charge is 0.313 e. The van der Waals surface area contributed by atoms with E-state index < -0.39 is 18.4 Å². The molecule has 0 saturated carbocycles. The average Bonchev–Trinajstić information content (AvgIpc) is 2.26. The predicted molar refractivity (Wildman–Crippen MR) is 57.5 cm³/mol. The Morgan fingerprint density at radius 2 is 2.00 bits per heavy atom. The van der Waals surface area contributed by atoms with Crippen molar-refractivity contribution in [1.29, 1.82) is 0 Å². The molecule has 0 aliphatic rings. The van der Waals surface area contributed by atoms with E-state index in [-0.39, 0.29) is 19.4 Å². The van der Waals surface area contributed by atoms with Crippen LogP contribution in [0.15, 0.2) is 0 Å². The van der Waals surface area contributed by atoms with Crippen LogP contribution < -0.4 is 0 Å². The van der Waals surface area contributed by atoms with Gasteiger partial charge in [-0.2, -0.15) is 0 Å². The minimum absolute atomic E-state index is 0.0183. The van der Waals surface area contributed by atoms with Gasteiger partial charge in [-0.05, 0) is 27.2 Å². The zero-order valence-corrected chi connectivity index (χ0v) is 10.4. The third-order valence-corrected chi connectivity index (χ3v) is 2.36. The van der Waals surface area contributed by atoms with Crippen LogP contribution in [0.4, 0.5) is 4.39 Å². The van der Waals surface area contributed by atoms with Gasteiger partial charge in [0.1, 0.15) is 6.67 Å². The SMILES string of the molecule is CCC(C)(C)C(=O)OCOC(C)OCCF. The molecule has 0 heterocycles. The first-order valence-electron chi connectivity index (χ1n) is 5.40. The third-order valence-electron chi connectivity index (χ3n) is 2.36. The van der Waals surface area contributed by atoms with Gasteiger partial charge in [0.2, 0.25) is 0 Å². The highest BCUT2D eigenvalue weighted by Gasteiger charge is 2.27. The van der Waals surface area contributed by atoms with Gasteiger partial charge in [0.15, 0.2) is 13.1 Å². The van der Waals surface area contributed by atoms with Gasteiger partial charge in [0.25, 0.3) is 0 Å². The summed E-state index contributed by atoms with van der Waals surface area (Å²) in [5.41, 5.74) is -0.508. The minimum atomic E-state index is -0.576. The molecular weight excluding hydrogens is 215 g/mol.